The molecule has 0 aromatic rings. The van der Waals surface area contributed by atoms with Gasteiger partial charge in [-0.1, -0.05) is 18.6 Å². The molecule has 20 heteroatoms. The second kappa shape index (κ2) is 15.3. The van der Waals surface area contributed by atoms with E-state index in [9.17, 15) is 49.3 Å². The summed E-state index contributed by atoms with van der Waals surface area (Å²) in [5, 5.41) is 30.7. The minimum absolute atomic E-state index is 0.179. The number of carbonyl (C=O) groups is 5. The van der Waals surface area contributed by atoms with Crippen molar-refractivity contribution in [3.05, 3.63) is 44.0 Å². The standard InChI is InChI=1S/C37H49FN2O17/c1-32(2,3)55-30(45)13-20(31(46)52-17-23(56-40(49)50)18-53-39(47)48)12-29(44)51-19-27(43)37-28(54-33(4,5)57-37)15-25-24-9-8-21-14-22(41)10-11-34(21,6)36(24,38)26(42)16-35(25,37)7/h10-11,14,20,23-26,28,42H,8-9,12-13,15-19H2,1-7H3/t20?,23?,24?,25?,26-,28+,34-,35-,36-,37+/m0/s1. The second-order valence-corrected chi connectivity index (χ2v) is 17.2. The van der Waals surface area contributed by atoms with Gasteiger partial charge in [-0.15, -0.1) is 20.2 Å². The van der Waals surface area contributed by atoms with E-state index in [2.05, 4.69) is 9.68 Å². The Balaban J connectivity index is 1.34. The van der Waals surface area contributed by atoms with Gasteiger partial charge in [0.05, 0.1) is 31.0 Å². The molecule has 4 unspecified atom stereocenters. The number of carbonyl (C=O) groups excluding carboxylic acids is 5. The first-order valence-corrected chi connectivity index (χ1v) is 18.6. The Labute approximate surface area is 326 Å². The number of aliphatic hydroxyl groups is 1. The fourth-order valence-corrected chi connectivity index (χ4v) is 9.81. The molecule has 19 nitrogen and oxygen atoms in total. The zero-order valence-electron chi connectivity index (χ0n) is 32.8. The van der Waals surface area contributed by atoms with E-state index in [1.807, 2.05) is 0 Å². The highest BCUT2D eigenvalue weighted by atomic mass is 19.1. The van der Waals surface area contributed by atoms with Crippen LogP contribution in [0.5, 0.6) is 0 Å². The molecule has 0 radical (unpaired) electrons. The number of alkyl halides is 1. The molecule has 1 heterocycles. The number of Topliss-reactive ketones (excluding diaryl/α,β-unsaturated/α-hetero) is 1. The van der Waals surface area contributed by atoms with Gasteiger partial charge >= 0.3 is 17.9 Å². The van der Waals surface area contributed by atoms with Crippen molar-refractivity contribution in [3.63, 3.8) is 0 Å². The summed E-state index contributed by atoms with van der Waals surface area (Å²) in [5.74, 6) is -8.56. The maximum atomic E-state index is 17.7. The number of hydrogen-bond acceptors (Lipinski definition) is 17. The zero-order valence-corrected chi connectivity index (χ0v) is 32.8. The van der Waals surface area contributed by atoms with Crippen LogP contribution in [0.4, 0.5) is 4.39 Å². The zero-order chi connectivity index (χ0) is 42.5. The van der Waals surface area contributed by atoms with Gasteiger partial charge in [0.2, 0.25) is 5.78 Å². The number of ether oxygens (including phenoxy) is 5. The molecule has 1 N–H and O–H groups in total. The van der Waals surface area contributed by atoms with E-state index in [0.717, 1.165) is 0 Å². The molecule has 316 valence electrons. The minimum Gasteiger partial charge on any atom is -0.463 e. The van der Waals surface area contributed by atoms with Gasteiger partial charge in [0, 0.05) is 16.7 Å². The summed E-state index contributed by atoms with van der Waals surface area (Å²) in [6, 6.07) is 0. The first-order valence-electron chi connectivity index (χ1n) is 18.6. The van der Waals surface area contributed by atoms with Gasteiger partial charge in [-0.3, -0.25) is 24.0 Å². The number of esters is 3. The molecular weight excluding hydrogens is 763 g/mol. The Morgan fingerprint density at radius 1 is 1.02 bits per heavy atom. The molecule has 3 saturated carbocycles. The fourth-order valence-electron chi connectivity index (χ4n) is 9.81. The summed E-state index contributed by atoms with van der Waals surface area (Å²) in [6.07, 6.45) is -0.994. The molecule has 0 amide bonds. The predicted molar refractivity (Wildman–Crippen MR) is 187 cm³/mol. The quantitative estimate of drug-likeness (QED) is 0.108. The summed E-state index contributed by atoms with van der Waals surface area (Å²) in [4.78, 5) is 95.7. The van der Waals surface area contributed by atoms with Crippen molar-refractivity contribution in [2.24, 2.45) is 28.6 Å². The number of hydrogen-bond donors (Lipinski definition) is 1. The first kappa shape index (κ1) is 43.6. The summed E-state index contributed by atoms with van der Waals surface area (Å²) in [5.41, 5.74) is -6.94. The summed E-state index contributed by atoms with van der Waals surface area (Å²) < 4.78 is 46.1. The largest absolute Gasteiger partial charge is 0.463 e. The number of rotatable bonds is 15. The van der Waals surface area contributed by atoms with E-state index >= 15 is 4.39 Å². The normalized spacial score (nSPS) is 34.5. The van der Waals surface area contributed by atoms with Gasteiger partial charge in [0.25, 0.3) is 10.2 Å². The molecule has 0 aromatic heterocycles. The van der Waals surface area contributed by atoms with Crippen molar-refractivity contribution in [2.45, 2.75) is 128 Å². The van der Waals surface area contributed by atoms with Crippen LogP contribution in [0.25, 0.3) is 0 Å². The van der Waals surface area contributed by atoms with Crippen LogP contribution in [-0.2, 0) is 57.3 Å². The van der Waals surface area contributed by atoms with Gasteiger partial charge < -0.3 is 38.5 Å². The second-order valence-electron chi connectivity index (χ2n) is 17.2. The lowest BCUT2D eigenvalue weighted by atomic mass is 9.44. The highest BCUT2D eigenvalue weighted by Gasteiger charge is 2.80. The Kier molecular flexibility index (Phi) is 11.7. The van der Waals surface area contributed by atoms with Crippen LogP contribution in [0.1, 0.15) is 87.0 Å². The molecule has 5 rings (SSSR count). The number of allylic oxidation sites excluding steroid dienone is 4. The van der Waals surface area contributed by atoms with Crippen LogP contribution >= 0.6 is 0 Å². The Hall–Kier alpha value is -4.56. The maximum absolute atomic E-state index is 17.7. The van der Waals surface area contributed by atoms with Crippen molar-refractivity contribution in [3.8, 4) is 0 Å². The van der Waals surface area contributed by atoms with Crippen LogP contribution in [0, 0.1) is 48.8 Å². The Morgan fingerprint density at radius 3 is 2.32 bits per heavy atom. The number of halogens is 1. The maximum Gasteiger partial charge on any atom is 0.310 e. The third-order valence-electron chi connectivity index (χ3n) is 12.0. The van der Waals surface area contributed by atoms with Crippen LogP contribution < -0.4 is 0 Å². The molecule has 0 bridgehead atoms. The molecule has 57 heavy (non-hydrogen) atoms. The molecular formula is C37H49FN2O17. The van der Waals surface area contributed by atoms with E-state index in [-0.39, 0.29) is 25.0 Å². The summed E-state index contributed by atoms with van der Waals surface area (Å²) in [7, 11) is 0. The third kappa shape index (κ3) is 8.12. The number of fused-ring (bicyclic) bond motifs is 7. The third-order valence-corrected chi connectivity index (χ3v) is 12.0. The fraction of sp³-hybridized carbons (Fsp3) is 0.757. The van der Waals surface area contributed by atoms with Crippen LogP contribution in [0.3, 0.4) is 0 Å². The van der Waals surface area contributed by atoms with Crippen molar-refractivity contribution >= 4 is 29.5 Å². The van der Waals surface area contributed by atoms with Crippen molar-refractivity contribution in [1.82, 2.24) is 0 Å². The summed E-state index contributed by atoms with van der Waals surface area (Å²) >= 11 is 0. The molecule has 10 atom stereocenters. The van der Waals surface area contributed by atoms with Crippen molar-refractivity contribution in [2.75, 3.05) is 19.8 Å². The highest BCUT2D eigenvalue weighted by Crippen LogP contribution is 2.72. The first-order chi connectivity index (χ1) is 26.3. The summed E-state index contributed by atoms with van der Waals surface area (Å²) in [6.45, 7) is 8.43. The molecule has 1 saturated heterocycles. The van der Waals surface area contributed by atoms with Crippen LogP contribution in [-0.4, -0.2) is 106 Å². The monoisotopic (exact) mass is 812 g/mol. The lowest BCUT2D eigenvalue weighted by Gasteiger charge is -2.62. The number of ketones is 2. The van der Waals surface area contributed by atoms with E-state index in [4.69, 9.17) is 23.7 Å². The van der Waals surface area contributed by atoms with E-state index in [0.29, 0.717) is 12.0 Å². The smallest absolute Gasteiger partial charge is 0.310 e. The Bertz CT molecular complexity index is 1760. The lowest BCUT2D eigenvalue weighted by molar-refractivity contribution is -0.790. The van der Waals surface area contributed by atoms with E-state index < -0.39 is 136 Å². The van der Waals surface area contributed by atoms with Crippen LogP contribution in [0.2, 0.25) is 0 Å². The average Bonchev–Trinajstić information content (AvgIpc) is 3.49. The topological polar surface area (TPSA) is 256 Å². The van der Waals surface area contributed by atoms with Gasteiger partial charge in [0.15, 0.2) is 35.6 Å². The lowest BCUT2D eigenvalue weighted by Crippen LogP contribution is -2.70. The van der Waals surface area contributed by atoms with Crippen molar-refractivity contribution in [1.29, 1.82) is 0 Å². The number of aliphatic hydroxyl groups excluding tert-OH is 1. The van der Waals surface area contributed by atoms with E-state index in [1.54, 1.807) is 48.5 Å². The molecule has 0 spiro atoms. The predicted octanol–water partition coefficient (Wildman–Crippen LogP) is 3.04. The van der Waals surface area contributed by atoms with Gasteiger partial charge in [-0.25, -0.2) is 4.39 Å². The molecule has 1 aliphatic heterocycles. The Morgan fingerprint density at radius 2 is 1.68 bits per heavy atom. The van der Waals surface area contributed by atoms with Crippen molar-refractivity contribution < 1.29 is 77.0 Å². The van der Waals surface area contributed by atoms with Gasteiger partial charge in [0.1, 0.15) is 18.8 Å². The number of nitrogens with zero attached hydrogens (tertiary/aromatic N) is 2. The highest BCUT2D eigenvalue weighted by molar-refractivity contribution is 6.01. The van der Waals surface area contributed by atoms with E-state index in [1.165, 1.54) is 18.2 Å². The molecule has 4 fully saturated rings. The molecule has 4 aliphatic carbocycles. The van der Waals surface area contributed by atoms with Gasteiger partial charge in [-0.05, 0) is 85.3 Å². The van der Waals surface area contributed by atoms with Gasteiger partial charge in [-0.2, -0.15) is 0 Å². The average molecular weight is 813 g/mol. The SMILES string of the molecule is CC(C)(C)OC(=O)CC(CC(=O)OCC(=O)[C@@]12OC(C)(C)O[C@@H]1CC1C3CCC4=CC(=O)C=C[C@]4(C)[C@@]3(F)[C@@H](O)C[C@@]12C)C(=O)OCC(CO[N+](=O)[O-])O[N+](=O)[O-]. The minimum atomic E-state index is -2.20. The molecule has 0 aromatic carbocycles. The van der Waals surface area contributed by atoms with Crippen LogP contribution in [0.15, 0.2) is 23.8 Å². The molecule has 5 aliphatic rings.